The van der Waals surface area contributed by atoms with Gasteiger partial charge in [-0.1, -0.05) is 36.7 Å². The van der Waals surface area contributed by atoms with Crippen LogP contribution in [0.1, 0.15) is 19.4 Å². The largest absolute Gasteiger partial charge is 0.489 e. The van der Waals surface area contributed by atoms with Gasteiger partial charge in [0.15, 0.2) is 6.61 Å². The molecule has 1 unspecified atom stereocenters. The highest BCUT2D eigenvalue weighted by Gasteiger charge is 2.14. The molecule has 0 aliphatic carbocycles. The summed E-state index contributed by atoms with van der Waals surface area (Å²) in [4.78, 5) is 16.4. The lowest BCUT2D eigenvalue weighted by atomic mass is 10.1. The zero-order valence-corrected chi connectivity index (χ0v) is 16.6. The maximum atomic E-state index is 12.1. The van der Waals surface area contributed by atoms with Crippen molar-refractivity contribution in [2.45, 2.75) is 26.4 Å². The molecule has 0 aliphatic heterocycles. The van der Waals surface area contributed by atoms with Crippen molar-refractivity contribution in [3.63, 3.8) is 0 Å². The zero-order chi connectivity index (χ0) is 19.9. The molecule has 0 saturated carbocycles. The molecule has 146 valence electrons. The summed E-state index contributed by atoms with van der Waals surface area (Å²) in [6.07, 6.45) is 2.12. The van der Waals surface area contributed by atoms with Crippen molar-refractivity contribution in [1.29, 1.82) is 0 Å². The molecule has 0 fully saturated rings. The summed E-state index contributed by atoms with van der Waals surface area (Å²) < 4.78 is 16.7. The van der Waals surface area contributed by atoms with Crippen molar-refractivity contribution < 1.29 is 19.0 Å². The molecule has 1 atom stereocenters. The number of carbonyl (C=O) groups excluding carboxylic acids is 1. The number of ether oxygens (including phenoxy) is 3. The normalized spacial score (nSPS) is 11.8. The molecule has 0 amide bonds. The highest BCUT2D eigenvalue weighted by Crippen LogP contribution is 2.29. The van der Waals surface area contributed by atoms with E-state index in [1.807, 2.05) is 30.3 Å². The minimum atomic E-state index is -0.473. The zero-order valence-electron chi connectivity index (χ0n) is 15.9. The molecule has 28 heavy (non-hydrogen) atoms. The first-order valence-corrected chi connectivity index (χ1v) is 9.52. The molecule has 0 saturated heterocycles. The quantitative estimate of drug-likeness (QED) is 0.507. The van der Waals surface area contributed by atoms with Gasteiger partial charge in [-0.3, -0.25) is 4.98 Å². The van der Waals surface area contributed by atoms with Crippen molar-refractivity contribution in [3.05, 3.63) is 65.3 Å². The van der Waals surface area contributed by atoms with E-state index in [9.17, 15) is 4.79 Å². The summed E-state index contributed by atoms with van der Waals surface area (Å²) in [5.74, 6) is 0.819. The second-order valence-corrected chi connectivity index (χ2v) is 6.71. The topological polar surface area (TPSA) is 57.7 Å². The van der Waals surface area contributed by atoms with Gasteiger partial charge in [-0.15, -0.1) is 0 Å². The predicted molar refractivity (Wildman–Crippen MR) is 109 cm³/mol. The number of esters is 1. The number of carbonyl (C=O) groups is 1. The molecule has 0 spiro atoms. The van der Waals surface area contributed by atoms with Crippen molar-refractivity contribution in [1.82, 2.24) is 4.98 Å². The van der Waals surface area contributed by atoms with E-state index in [4.69, 9.17) is 25.8 Å². The lowest BCUT2D eigenvalue weighted by Crippen LogP contribution is -2.25. The fourth-order valence-corrected chi connectivity index (χ4v) is 3.02. The second-order valence-electron chi connectivity index (χ2n) is 6.31. The number of aromatic nitrogens is 1. The monoisotopic (exact) mass is 399 g/mol. The van der Waals surface area contributed by atoms with Crippen molar-refractivity contribution >= 4 is 28.5 Å². The maximum absolute atomic E-state index is 12.1. The van der Waals surface area contributed by atoms with E-state index in [0.717, 1.165) is 23.1 Å². The molecule has 2 aromatic carbocycles. The third kappa shape index (κ3) is 4.93. The van der Waals surface area contributed by atoms with E-state index < -0.39 is 12.1 Å². The number of rotatable bonds is 8. The Morgan fingerprint density at radius 3 is 2.71 bits per heavy atom. The summed E-state index contributed by atoms with van der Waals surface area (Å²) in [6.45, 7) is 3.90. The standard InChI is InChI=1S/C22H22ClNO4/c1-3-16-7-4-5-9-19(16)26-13-15(2)28-21(25)14-27-20-11-10-18(23)17-8-6-12-24-22(17)20/h4-12,15H,3,13-14H2,1-2H3. The first kappa shape index (κ1) is 20.0. The Kier molecular flexibility index (Phi) is 6.71. The molecule has 3 aromatic rings. The Morgan fingerprint density at radius 2 is 1.89 bits per heavy atom. The van der Waals surface area contributed by atoms with Crippen molar-refractivity contribution in [3.8, 4) is 11.5 Å². The fourth-order valence-electron chi connectivity index (χ4n) is 2.80. The molecular weight excluding hydrogens is 378 g/mol. The summed E-state index contributed by atoms with van der Waals surface area (Å²) >= 11 is 6.17. The summed E-state index contributed by atoms with van der Waals surface area (Å²) in [6, 6.07) is 14.9. The number of hydrogen-bond donors (Lipinski definition) is 0. The molecule has 0 radical (unpaired) electrons. The van der Waals surface area contributed by atoms with E-state index in [1.165, 1.54) is 0 Å². The van der Waals surface area contributed by atoms with Gasteiger partial charge in [0.1, 0.15) is 29.7 Å². The Balaban J connectivity index is 1.52. The smallest absolute Gasteiger partial charge is 0.344 e. The van der Waals surface area contributed by atoms with Crippen LogP contribution in [0, 0.1) is 0 Å². The van der Waals surface area contributed by atoms with E-state index in [-0.39, 0.29) is 13.2 Å². The number of para-hydroxylation sites is 1. The number of pyridine rings is 1. The van der Waals surface area contributed by atoms with Crippen LogP contribution in [0.2, 0.25) is 5.02 Å². The molecule has 1 heterocycles. The minimum Gasteiger partial charge on any atom is -0.489 e. The summed E-state index contributed by atoms with van der Waals surface area (Å²) in [5.41, 5.74) is 1.72. The summed E-state index contributed by atoms with van der Waals surface area (Å²) in [7, 11) is 0. The first-order valence-electron chi connectivity index (χ1n) is 9.14. The number of fused-ring (bicyclic) bond motifs is 1. The lowest BCUT2D eigenvalue weighted by Gasteiger charge is -2.16. The van der Waals surface area contributed by atoms with Gasteiger partial charge in [-0.25, -0.2) is 4.79 Å². The maximum Gasteiger partial charge on any atom is 0.344 e. The molecule has 0 aliphatic rings. The van der Waals surface area contributed by atoms with E-state index in [1.54, 1.807) is 31.3 Å². The van der Waals surface area contributed by atoms with E-state index >= 15 is 0 Å². The predicted octanol–water partition coefficient (Wildman–Crippen LogP) is 4.84. The number of aryl methyl sites for hydroxylation is 1. The third-order valence-electron chi connectivity index (χ3n) is 4.18. The van der Waals surface area contributed by atoms with Gasteiger partial charge in [-0.05, 0) is 49.2 Å². The molecule has 6 heteroatoms. The van der Waals surface area contributed by atoms with Crippen LogP contribution in [0.25, 0.3) is 10.9 Å². The minimum absolute atomic E-state index is 0.219. The van der Waals surface area contributed by atoms with Crippen LogP contribution in [0.3, 0.4) is 0 Å². The van der Waals surface area contributed by atoms with Crippen molar-refractivity contribution in [2.24, 2.45) is 0 Å². The fraction of sp³-hybridized carbons (Fsp3) is 0.273. The number of halogens is 1. The van der Waals surface area contributed by atoms with Crippen LogP contribution < -0.4 is 9.47 Å². The van der Waals surface area contributed by atoms with Crippen LogP contribution in [0.15, 0.2) is 54.7 Å². The summed E-state index contributed by atoms with van der Waals surface area (Å²) in [5, 5.41) is 1.35. The van der Waals surface area contributed by atoms with E-state index in [2.05, 4.69) is 11.9 Å². The molecule has 1 aromatic heterocycles. The second kappa shape index (κ2) is 9.42. The van der Waals surface area contributed by atoms with Crippen LogP contribution in [0.4, 0.5) is 0 Å². The van der Waals surface area contributed by atoms with Gasteiger partial charge < -0.3 is 14.2 Å². The Bertz CT molecular complexity index is 960. The molecule has 0 bridgehead atoms. The van der Waals surface area contributed by atoms with Crippen LogP contribution in [0.5, 0.6) is 11.5 Å². The van der Waals surface area contributed by atoms with Gasteiger partial charge >= 0.3 is 5.97 Å². The van der Waals surface area contributed by atoms with Crippen molar-refractivity contribution in [2.75, 3.05) is 13.2 Å². The Morgan fingerprint density at radius 1 is 1.07 bits per heavy atom. The highest BCUT2D eigenvalue weighted by atomic mass is 35.5. The first-order chi connectivity index (χ1) is 13.6. The van der Waals surface area contributed by atoms with Gasteiger partial charge in [-0.2, -0.15) is 0 Å². The molecule has 0 N–H and O–H groups in total. The van der Waals surface area contributed by atoms with Gasteiger partial charge in [0.2, 0.25) is 0 Å². The number of hydrogen-bond acceptors (Lipinski definition) is 5. The molecular formula is C22H22ClNO4. The molecule has 3 rings (SSSR count). The van der Waals surface area contributed by atoms with E-state index in [0.29, 0.717) is 16.3 Å². The lowest BCUT2D eigenvalue weighted by molar-refractivity contribution is -0.151. The van der Waals surface area contributed by atoms with Crippen LogP contribution in [-0.4, -0.2) is 30.3 Å². The van der Waals surface area contributed by atoms with Crippen LogP contribution in [-0.2, 0) is 16.0 Å². The number of nitrogens with zero attached hydrogens (tertiary/aromatic N) is 1. The van der Waals surface area contributed by atoms with Gasteiger partial charge in [0, 0.05) is 11.6 Å². The Hall–Kier alpha value is -2.79. The Labute approximate surface area is 169 Å². The number of benzene rings is 2. The SMILES string of the molecule is CCc1ccccc1OCC(C)OC(=O)COc1ccc(Cl)c2cccnc12. The van der Waals surface area contributed by atoms with Gasteiger partial charge in [0.05, 0.1) is 5.02 Å². The van der Waals surface area contributed by atoms with Gasteiger partial charge in [0.25, 0.3) is 0 Å². The highest BCUT2D eigenvalue weighted by molar-refractivity contribution is 6.35. The average Bonchev–Trinajstić information content (AvgIpc) is 2.72. The third-order valence-corrected chi connectivity index (χ3v) is 4.51. The average molecular weight is 400 g/mol. The van der Waals surface area contributed by atoms with Crippen LogP contribution >= 0.6 is 11.6 Å². The molecule has 5 nitrogen and oxygen atoms in total.